The topological polar surface area (TPSA) is 78.9 Å². The van der Waals surface area contributed by atoms with E-state index >= 15 is 0 Å². The summed E-state index contributed by atoms with van der Waals surface area (Å²) in [4.78, 5) is 25.7. The third kappa shape index (κ3) is 6.14. The van der Waals surface area contributed by atoms with Crippen LogP contribution in [-0.4, -0.2) is 47.6 Å². The van der Waals surface area contributed by atoms with Crippen LogP contribution in [0.25, 0.3) is 0 Å². The molecule has 2 rings (SSSR count). The Morgan fingerprint density at radius 2 is 2.08 bits per heavy atom. The van der Waals surface area contributed by atoms with Crippen molar-refractivity contribution in [2.75, 3.05) is 19.7 Å². The van der Waals surface area contributed by atoms with Crippen LogP contribution in [0.2, 0.25) is 0 Å². The van der Waals surface area contributed by atoms with Crippen molar-refractivity contribution in [2.45, 2.75) is 51.9 Å². The molecule has 1 fully saturated rings. The van der Waals surface area contributed by atoms with Crippen LogP contribution >= 0.6 is 0 Å². The monoisotopic (exact) mass is 348 g/mol. The minimum atomic E-state index is -0.980. The van der Waals surface area contributed by atoms with Gasteiger partial charge in [-0.15, -0.1) is 0 Å². The average Bonchev–Trinajstić information content (AvgIpc) is 2.77. The summed E-state index contributed by atoms with van der Waals surface area (Å²) in [5, 5.41) is 12.6. The molecule has 1 aliphatic rings. The first-order valence-corrected chi connectivity index (χ1v) is 9.00. The number of benzene rings is 1. The molecule has 0 bridgehead atoms. The molecule has 0 radical (unpaired) electrons. The van der Waals surface area contributed by atoms with Gasteiger partial charge in [-0.25, -0.2) is 0 Å². The van der Waals surface area contributed by atoms with E-state index in [0.717, 1.165) is 30.4 Å². The molecule has 6 nitrogen and oxygen atoms in total. The Bertz CT molecular complexity index is 576. The van der Waals surface area contributed by atoms with E-state index in [0.29, 0.717) is 32.7 Å². The fourth-order valence-electron chi connectivity index (χ4n) is 2.86. The van der Waals surface area contributed by atoms with Gasteiger partial charge in [0.15, 0.2) is 0 Å². The molecule has 1 unspecified atom stereocenters. The number of amides is 2. The number of nitrogens with one attached hydrogen (secondary N) is 1. The zero-order valence-corrected chi connectivity index (χ0v) is 14.9. The second-order valence-electron chi connectivity index (χ2n) is 6.37. The predicted octanol–water partition coefficient (Wildman–Crippen LogP) is 1.60. The molecule has 1 aromatic carbocycles. The van der Waals surface area contributed by atoms with Crippen molar-refractivity contribution in [1.82, 2.24) is 10.2 Å². The minimum absolute atomic E-state index is 0.00953. The number of aliphatic hydroxyl groups excluding tert-OH is 1. The molecule has 6 heteroatoms. The molecule has 25 heavy (non-hydrogen) atoms. The lowest BCUT2D eigenvalue weighted by Crippen LogP contribution is -2.44. The highest BCUT2D eigenvalue weighted by Crippen LogP contribution is 2.12. The van der Waals surface area contributed by atoms with E-state index in [1.807, 2.05) is 24.3 Å². The Morgan fingerprint density at radius 1 is 1.32 bits per heavy atom. The number of likely N-dealkylation sites (tertiary alicyclic amines) is 1. The number of hydrogen-bond donors (Lipinski definition) is 2. The van der Waals surface area contributed by atoms with Crippen LogP contribution in [0.3, 0.4) is 0 Å². The van der Waals surface area contributed by atoms with Gasteiger partial charge in [-0.1, -0.05) is 31.2 Å². The summed E-state index contributed by atoms with van der Waals surface area (Å²) in [5.41, 5.74) is 2.06. The molecule has 1 aromatic rings. The first kappa shape index (κ1) is 19.4. The Labute approximate surface area is 149 Å². The van der Waals surface area contributed by atoms with E-state index in [1.54, 1.807) is 0 Å². The third-order valence-corrected chi connectivity index (χ3v) is 4.29. The summed E-state index contributed by atoms with van der Waals surface area (Å²) in [7, 11) is 0. The number of carbonyl (C=O) groups excluding carboxylic acids is 2. The molecular weight excluding hydrogens is 320 g/mol. The molecule has 1 heterocycles. The van der Waals surface area contributed by atoms with Gasteiger partial charge >= 0.3 is 0 Å². The lowest BCUT2D eigenvalue weighted by atomic mass is 10.1. The molecule has 0 saturated carbocycles. The van der Waals surface area contributed by atoms with Crippen LogP contribution in [0.15, 0.2) is 24.3 Å². The van der Waals surface area contributed by atoms with E-state index < -0.39 is 6.10 Å². The quantitative estimate of drug-likeness (QED) is 0.700. The average molecular weight is 348 g/mol. The van der Waals surface area contributed by atoms with Crippen molar-refractivity contribution in [3.05, 3.63) is 35.4 Å². The summed E-state index contributed by atoms with van der Waals surface area (Å²) >= 11 is 0. The lowest BCUT2D eigenvalue weighted by molar-refractivity contribution is -0.142. The Morgan fingerprint density at radius 3 is 2.84 bits per heavy atom. The number of aliphatic hydroxyl groups is 1. The van der Waals surface area contributed by atoms with Gasteiger partial charge < -0.3 is 20.1 Å². The molecule has 138 valence electrons. The van der Waals surface area contributed by atoms with E-state index in [2.05, 4.69) is 12.2 Å². The Balaban J connectivity index is 1.86. The van der Waals surface area contributed by atoms with Crippen LogP contribution in [0, 0.1) is 0 Å². The van der Waals surface area contributed by atoms with Gasteiger partial charge in [0.1, 0.15) is 6.10 Å². The summed E-state index contributed by atoms with van der Waals surface area (Å²) < 4.78 is 5.58. The molecule has 2 amide bonds. The smallest absolute Gasteiger partial charge is 0.251 e. The molecule has 0 aromatic heterocycles. The summed E-state index contributed by atoms with van der Waals surface area (Å²) in [6.07, 6.45) is 2.08. The number of ether oxygens (including phenoxy) is 1. The molecular formula is C19H28N2O4. The molecule has 2 N–H and O–H groups in total. The van der Waals surface area contributed by atoms with Crippen molar-refractivity contribution in [1.29, 1.82) is 0 Å². The zero-order valence-electron chi connectivity index (χ0n) is 14.9. The van der Waals surface area contributed by atoms with Crippen molar-refractivity contribution < 1.29 is 19.4 Å². The second kappa shape index (κ2) is 10.2. The van der Waals surface area contributed by atoms with Gasteiger partial charge in [-0.05, 0) is 36.8 Å². The van der Waals surface area contributed by atoms with Gasteiger partial charge in [-0.2, -0.15) is 0 Å². The number of hydrogen-bond acceptors (Lipinski definition) is 4. The van der Waals surface area contributed by atoms with Gasteiger partial charge in [0, 0.05) is 19.7 Å². The molecule has 0 spiro atoms. The maximum atomic E-state index is 12.2. The summed E-state index contributed by atoms with van der Waals surface area (Å²) in [5.74, 6) is -0.562. The number of carbonyl (C=O) groups is 2. The van der Waals surface area contributed by atoms with Crippen molar-refractivity contribution in [3.8, 4) is 0 Å². The van der Waals surface area contributed by atoms with E-state index in [1.165, 1.54) is 4.90 Å². The van der Waals surface area contributed by atoms with E-state index in [9.17, 15) is 14.7 Å². The molecule has 0 aliphatic carbocycles. The van der Waals surface area contributed by atoms with Gasteiger partial charge in [0.25, 0.3) is 5.91 Å². The molecule has 1 aliphatic heterocycles. The molecule has 1 atom stereocenters. The second-order valence-corrected chi connectivity index (χ2v) is 6.37. The lowest BCUT2D eigenvalue weighted by Gasteiger charge is -2.21. The highest BCUT2D eigenvalue weighted by atomic mass is 16.5. The number of nitrogens with zero attached hydrogens (tertiary/aromatic N) is 1. The standard InChI is InChI=1S/C19H28N2O4/c1-2-11-25-14-16-8-4-3-7-15(16)12-20-18(23)13-21-10-6-5-9-17(22)19(21)24/h3-4,7-8,17,22H,2,5-6,9-14H2,1H3,(H,20,23). The first-order valence-electron chi connectivity index (χ1n) is 9.00. The van der Waals surface area contributed by atoms with E-state index in [-0.39, 0.29) is 18.4 Å². The van der Waals surface area contributed by atoms with Crippen LogP contribution in [0.1, 0.15) is 43.7 Å². The van der Waals surface area contributed by atoms with Crippen molar-refractivity contribution in [2.24, 2.45) is 0 Å². The van der Waals surface area contributed by atoms with Crippen LogP contribution in [0.5, 0.6) is 0 Å². The first-order chi connectivity index (χ1) is 12.1. The maximum absolute atomic E-state index is 12.2. The van der Waals surface area contributed by atoms with E-state index in [4.69, 9.17) is 4.74 Å². The summed E-state index contributed by atoms with van der Waals surface area (Å²) in [6.45, 7) is 4.20. The van der Waals surface area contributed by atoms with Crippen LogP contribution in [-0.2, 0) is 27.5 Å². The predicted molar refractivity (Wildman–Crippen MR) is 94.7 cm³/mol. The third-order valence-electron chi connectivity index (χ3n) is 4.29. The number of rotatable bonds is 8. The highest BCUT2D eigenvalue weighted by molar-refractivity contribution is 5.87. The minimum Gasteiger partial charge on any atom is -0.383 e. The highest BCUT2D eigenvalue weighted by Gasteiger charge is 2.26. The van der Waals surface area contributed by atoms with Crippen LogP contribution in [0.4, 0.5) is 0 Å². The maximum Gasteiger partial charge on any atom is 0.251 e. The van der Waals surface area contributed by atoms with Gasteiger partial charge in [0.2, 0.25) is 5.91 Å². The zero-order chi connectivity index (χ0) is 18.1. The van der Waals surface area contributed by atoms with Crippen LogP contribution < -0.4 is 5.32 Å². The molecule has 1 saturated heterocycles. The van der Waals surface area contributed by atoms with Crippen molar-refractivity contribution in [3.63, 3.8) is 0 Å². The van der Waals surface area contributed by atoms with Gasteiger partial charge in [0.05, 0.1) is 13.2 Å². The fourth-order valence-corrected chi connectivity index (χ4v) is 2.86. The normalized spacial score (nSPS) is 18.1. The van der Waals surface area contributed by atoms with Gasteiger partial charge in [-0.3, -0.25) is 9.59 Å². The summed E-state index contributed by atoms with van der Waals surface area (Å²) in [6, 6.07) is 7.84. The SMILES string of the molecule is CCCOCc1ccccc1CNC(=O)CN1CCCCC(O)C1=O. The Hall–Kier alpha value is -1.92. The largest absolute Gasteiger partial charge is 0.383 e. The van der Waals surface area contributed by atoms with Crippen molar-refractivity contribution >= 4 is 11.8 Å². The Kier molecular flexibility index (Phi) is 7.88. The fraction of sp³-hybridized carbons (Fsp3) is 0.579.